The van der Waals surface area contributed by atoms with Crippen LogP contribution in [0.5, 0.6) is 0 Å². The summed E-state index contributed by atoms with van der Waals surface area (Å²) in [5.74, 6) is 0. The van der Waals surface area contributed by atoms with Gasteiger partial charge in [-0.15, -0.1) is 5.10 Å². The molecule has 1 fully saturated rings. The second-order valence-corrected chi connectivity index (χ2v) is 9.16. The second-order valence-electron chi connectivity index (χ2n) is 8.23. The molecule has 23 heavy (non-hydrogen) atoms. The number of allylic oxidation sites excluding steroid dienone is 2. The van der Waals surface area contributed by atoms with Crippen molar-refractivity contribution >= 4 is 21.4 Å². The summed E-state index contributed by atoms with van der Waals surface area (Å²) in [5, 5.41) is 5.97. The van der Waals surface area contributed by atoms with E-state index < -0.39 is 0 Å². The molecule has 1 aliphatic carbocycles. The molecule has 0 radical (unpaired) electrons. The monoisotopic (exact) mass is 330 g/mol. The van der Waals surface area contributed by atoms with Crippen LogP contribution in [0.2, 0.25) is 0 Å². The van der Waals surface area contributed by atoms with Gasteiger partial charge in [0.1, 0.15) is 0 Å². The Kier molecular flexibility index (Phi) is 3.52. The fourth-order valence-electron chi connectivity index (χ4n) is 3.86. The Labute approximate surface area is 142 Å². The van der Waals surface area contributed by atoms with Gasteiger partial charge in [-0.3, -0.25) is 0 Å². The fourth-order valence-corrected chi connectivity index (χ4v) is 4.77. The number of fused-ring (bicyclic) bond motifs is 1. The molecular formula is C18H26N4S. The molecule has 1 saturated heterocycles. The van der Waals surface area contributed by atoms with Gasteiger partial charge in [-0.1, -0.05) is 44.3 Å². The molecule has 0 aromatic carbocycles. The first-order valence-electron chi connectivity index (χ1n) is 8.72. The lowest BCUT2D eigenvalue weighted by Gasteiger charge is -2.43. The van der Waals surface area contributed by atoms with Crippen molar-refractivity contribution < 1.29 is 0 Å². The third kappa shape index (κ3) is 2.80. The maximum Gasteiger partial charge on any atom is 0.214 e. The predicted molar refractivity (Wildman–Crippen MR) is 96.4 cm³/mol. The van der Waals surface area contributed by atoms with Crippen LogP contribution in [-0.4, -0.2) is 27.7 Å². The molecule has 0 saturated carbocycles. The zero-order valence-corrected chi connectivity index (χ0v) is 15.2. The van der Waals surface area contributed by atoms with E-state index in [1.807, 2.05) is 4.52 Å². The second kappa shape index (κ2) is 5.33. The highest BCUT2D eigenvalue weighted by Gasteiger charge is 2.36. The fraction of sp³-hybridized carbons (Fsp3) is 0.667. The highest BCUT2D eigenvalue weighted by atomic mass is 32.1. The molecule has 1 spiro atoms. The summed E-state index contributed by atoms with van der Waals surface area (Å²) in [6.07, 6.45) is 13.3. The summed E-state index contributed by atoms with van der Waals surface area (Å²) >= 11 is 1.74. The Morgan fingerprint density at radius 3 is 2.78 bits per heavy atom. The molecule has 0 bridgehead atoms. The van der Waals surface area contributed by atoms with Crippen LogP contribution in [0.3, 0.4) is 0 Å². The number of aromatic nitrogens is 3. The number of hydrogen-bond acceptors (Lipinski definition) is 4. The van der Waals surface area contributed by atoms with E-state index in [1.165, 1.54) is 32.1 Å². The Morgan fingerprint density at radius 1 is 1.22 bits per heavy atom. The van der Waals surface area contributed by atoms with Gasteiger partial charge in [0.05, 0.1) is 11.9 Å². The average molecular weight is 331 g/mol. The standard InChI is InChI=1S/C18H26N4S/c1-17(2,3)14-12-22-15(19-14)23-16(20-22)21-11-7-10-18(13-21)8-5-4-6-9-18/h4-5,12H,6-11,13H2,1-3H3/t18-/m0/s1. The number of nitrogens with zero attached hydrogens (tertiary/aromatic N) is 4. The highest BCUT2D eigenvalue weighted by Crippen LogP contribution is 2.42. The number of hydrogen-bond donors (Lipinski definition) is 0. The largest absolute Gasteiger partial charge is 0.346 e. The minimum Gasteiger partial charge on any atom is -0.346 e. The molecular weight excluding hydrogens is 304 g/mol. The first kappa shape index (κ1) is 15.2. The molecule has 1 aliphatic heterocycles. The lowest BCUT2D eigenvalue weighted by molar-refractivity contribution is 0.209. The van der Waals surface area contributed by atoms with E-state index in [4.69, 9.17) is 10.1 Å². The highest BCUT2D eigenvalue weighted by molar-refractivity contribution is 7.20. The molecule has 1 atom stereocenters. The van der Waals surface area contributed by atoms with Gasteiger partial charge in [0.2, 0.25) is 10.1 Å². The van der Waals surface area contributed by atoms with Crippen molar-refractivity contribution in [2.24, 2.45) is 5.41 Å². The van der Waals surface area contributed by atoms with Crippen molar-refractivity contribution in [3.63, 3.8) is 0 Å². The number of anilines is 1. The van der Waals surface area contributed by atoms with Crippen molar-refractivity contribution in [2.45, 2.75) is 58.3 Å². The zero-order chi connectivity index (χ0) is 16.1. The van der Waals surface area contributed by atoms with Gasteiger partial charge in [0.25, 0.3) is 0 Å². The van der Waals surface area contributed by atoms with E-state index in [1.54, 1.807) is 11.3 Å². The Balaban J connectivity index is 1.59. The van der Waals surface area contributed by atoms with Gasteiger partial charge in [0.15, 0.2) is 0 Å². The Hall–Kier alpha value is -1.36. The Morgan fingerprint density at radius 2 is 2.09 bits per heavy atom. The molecule has 2 aromatic rings. The summed E-state index contributed by atoms with van der Waals surface area (Å²) in [6, 6.07) is 0. The molecule has 2 aliphatic rings. The summed E-state index contributed by atoms with van der Waals surface area (Å²) in [4.78, 5) is 8.30. The van der Waals surface area contributed by atoms with Gasteiger partial charge in [-0.25, -0.2) is 9.50 Å². The van der Waals surface area contributed by atoms with Crippen molar-refractivity contribution in [3.05, 3.63) is 24.0 Å². The number of rotatable bonds is 1. The van der Waals surface area contributed by atoms with E-state index in [0.717, 1.165) is 28.9 Å². The summed E-state index contributed by atoms with van der Waals surface area (Å²) in [5.41, 5.74) is 1.68. The summed E-state index contributed by atoms with van der Waals surface area (Å²) < 4.78 is 1.97. The van der Waals surface area contributed by atoms with Crippen LogP contribution >= 0.6 is 11.3 Å². The van der Waals surface area contributed by atoms with Crippen LogP contribution < -0.4 is 4.90 Å². The van der Waals surface area contributed by atoms with Crippen molar-refractivity contribution in [1.82, 2.24) is 14.6 Å². The molecule has 4 nitrogen and oxygen atoms in total. The van der Waals surface area contributed by atoms with Crippen LogP contribution in [0, 0.1) is 5.41 Å². The van der Waals surface area contributed by atoms with Gasteiger partial charge in [-0.2, -0.15) is 0 Å². The van der Waals surface area contributed by atoms with Gasteiger partial charge in [0, 0.05) is 18.5 Å². The first-order valence-corrected chi connectivity index (χ1v) is 9.54. The van der Waals surface area contributed by atoms with Crippen molar-refractivity contribution in [2.75, 3.05) is 18.0 Å². The van der Waals surface area contributed by atoms with E-state index in [9.17, 15) is 0 Å². The Bertz CT molecular complexity index is 704. The zero-order valence-electron chi connectivity index (χ0n) is 14.4. The van der Waals surface area contributed by atoms with Crippen LogP contribution in [0.1, 0.15) is 58.6 Å². The topological polar surface area (TPSA) is 33.4 Å². The third-order valence-corrected chi connectivity index (χ3v) is 6.28. The van der Waals surface area contributed by atoms with Crippen LogP contribution in [0.25, 0.3) is 4.96 Å². The lowest BCUT2D eigenvalue weighted by Crippen LogP contribution is -2.43. The van der Waals surface area contributed by atoms with Gasteiger partial charge < -0.3 is 4.90 Å². The van der Waals surface area contributed by atoms with Crippen LogP contribution in [-0.2, 0) is 5.41 Å². The SMILES string of the molecule is CC(C)(C)c1cn2nc(N3CCC[C@@]4(CC=CCC4)C3)sc2n1. The summed E-state index contributed by atoms with van der Waals surface area (Å²) in [6.45, 7) is 8.89. The minimum absolute atomic E-state index is 0.0806. The summed E-state index contributed by atoms with van der Waals surface area (Å²) in [7, 11) is 0. The van der Waals surface area contributed by atoms with Gasteiger partial charge >= 0.3 is 0 Å². The van der Waals surface area contributed by atoms with Gasteiger partial charge in [-0.05, 0) is 37.5 Å². The average Bonchev–Trinajstić information content (AvgIpc) is 3.06. The van der Waals surface area contributed by atoms with E-state index in [2.05, 4.69) is 44.0 Å². The minimum atomic E-state index is 0.0806. The quantitative estimate of drug-likeness (QED) is 0.726. The molecule has 2 aromatic heterocycles. The first-order chi connectivity index (χ1) is 11.0. The van der Waals surface area contributed by atoms with E-state index >= 15 is 0 Å². The van der Waals surface area contributed by atoms with E-state index in [-0.39, 0.29) is 5.41 Å². The maximum absolute atomic E-state index is 4.83. The molecule has 5 heteroatoms. The number of piperidine rings is 1. The van der Waals surface area contributed by atoms with Crippen molar-refractivity contribution in [1.29, 1.82) is 0 Å². The molecule has 0 unspecified atom stereocenters. The maximum atomic E-state index is 4.83. The molecule has 124 valence electrons. The van der Waals surface area contributed by atoms with E-state index in [0.29, 0.717) is 5.41 Å². The smallest absolute Gasteiger partial charge is 0.214 e. The predicted octanol–water partition coefficient (Wildman–Crippen LogP) is 4.42. The molecule has 0 amide bonds. The third-order valence-electron chi connectivity index (χ3n) is 5.29. The lowest BCUT2D eigenvalue weighted by atomic mass is 9.71. The normalized spacial score (nSPS) is 25.6. The van der Waals surface area contributed by atoms with Crippen LogP contribution in [0.15, 0.2) is 18.3 Å². The molecule has 4 rings (SSSR count). The molecule has 0 N–H and O–H groups in total. The van der Waals surface area contributed by atoms with Crippen LogP contribution in [0.4, 0.5) is 5.13 Å². The van der Waals surface area contributed by atoms with Crippen molar-refractivity contribution in [3.8, 4) is 0 Å². The number of imidazole rings is 1. The molecule has 3 heterocycles.